The molecule has 4 aliphatic rings. The number of fused-ring (bicyclic) bond motifs is 14. The Morgan fingerprint density at radius 2 is 1.63 bits per heavy atom. The molecule has 9 atom stereocenters. The van der Waals surface area contributed by atoms with Crippen molar-refractivity contribution in [1.29, 1.82) is 0 Å². The maximum absolute atomic E-state index is 14.5. The molecule has 62 heavy (non-hydrogen) atoms. The van der Waals surface area contributed by atoms with E-state index >= 15 is 0 Å². The number of aliphatic hydroxyl groups excluding tert-OH is 2. The van der Waals surface area contributed by atoms with Gasteiger partial charge in [-0.3, -0.25) is 24.3 Å². The number of nitrogens with zero attached hydrogens (tertiary/aromatic N) is 3. The number of ketones is 1. The summed E-state index contributed by atoms with van der Waals surface area (Å²) < 4.78 is 23.7. The normalized spacial score (nSPS) is 31.2. The lowest BCUT2D eigenvalue weighted by atomic mass is 9.78. The number of hydrazone groups is 1. The molecule has 0 spiro atoms. The van der Waals surface area contributed by atoms with E-state index in [2.05, 4.69) is 29.2 Å². The van der Waals surface area contributed by atoms with E-state index in [-0.39, 0.29) is 44.5 Å². The molecule has 4 heterocycles. The van der Waals surface area contributed by atoms with Gasteiger partial charge in [-0.1, -0.05) is 59.8 Å². The average Bonchev–Trinajstić information content (AvgIpc) is 3.49. The molecule has 16 heteroatoms. The van der Waals surface area contributed by atoms with Gasteiger partial charge < -0.3 is 49.8 Å². The fourth-order valence-corrected chi connectivity index (χ4v) is 8.56. The Morgan fingerprint density at radius 1 is 0.968 bits per heavy atom. The van der Waals surface area contributed by atoms with Crippen molar-refractivity contribution in [1.82, 2.24) is 9.91 Å². The van der Waals surface area contributed by atoms with E-state index in [1.807, 2.05) is 0 Å². The van der Waals surface area contributed by atoms with Gasteiger partial charge >= 0.3 is 11.8 Å². The van der Waals surface area contributed by atoms with Crippen LogP contribution in [0.15, 0.2) is 41.2 Å². The number of carbonyl (C=O) groups is 3. The molecule has 1 amide bonds. The maximum Gasteiger partial charge on any atom is 0.312 e. The van der Waals surface area contributed by atoms with E-state index in [0.29, 0.717) is 19.0 Å². The lowest BCUT2D eigenvalue weighted by Crippen LogP contribution is -2.46. The number of aromatic hydroxyl groups is 3. The van der Waals surface area contributed by atoms with Gasteiger partial charge in [0.05, 0.1) is 53.0 Å². The van der Waals surface area contributed by atoms with Crippen molar-refractivity contribution >= 4 is 40.3 Å². The van der Waals surface area contributed by atoms with Gasteiger partial charge in [0, 0.05) is 93.9 Å². The molecule has 6 N–H and O–H groups in total. The third-order valence-electron chi connectivity index (χ3n) is 12.4. The second-order valence-electron chi connectivity index (χ2n) is 17.5. The number of methoxy groups -OCH3 is 1. The molecule has 1 fully saturated rings. The van der Waals surface area contributed by atoms with Gasteiger partial charge in [0.2, 0.25) is 0 Å². The summed E-state index contributed by atoms with van der Waals surface area (Å²) in [4.78, 5) is 43.0. The molecule has 2 aromatic carbocycles. The first-order valence-corrected chi connectivity index (χ1v) is 21.2. The number of allylic oxidation sites excluding steroid dienone is 2. The molecule has 16 nitrogen and oxygen atoms in total. The lowest BCUT2D eigenvalue weighted by molar-refractivity contribution is -0.160. The largest absolute Gasteiger partial charge is 0.507 e. The predicted molar refractivity (Wildman–Crippen MR) is 234 cm³/mol. The Hall–Kier alpha value is -5.16. The molecule has 2 aromatic rings. The van der Waals surface area contributed by atoms with E-state index in [0.717, 1.165) is 19.6 Å². The Bertz CT molecular complexity index is 2140. The lowest BCUT2D eigenvalue weighted by Gasteiger charge is -2.38. The number of piperazine rings is 1. The predicted octanol–water partition coefficient (Wildman–Crippen LogP) is 5.36. The summed E-state index contributed by atoms with van der Waals surface area (Å²) in [5, 5.41) is 67.3. The first kappa shape index (κ1) is 47.9. The molecular formula is C46H64N4O12. The van der Waals surface area contributed by atoms with Crippen molar-refractivity contribution in [2.45, 2.75) is 99.4 Å². The minimum Gasteiger partial charge on any atom is -0.507 e. The Kier molecular flexibility index (Phi) is 15.0. The zero-order valence-corrected chi connectivity index (χ0v) is 37.6. The number of nitrogens with one attached hydrogen (secondary N) is 1. The molecule has 0 aliphatic carbocycles. The topological polar surface area (TPSA) is 220 Å². The van der Waals surface area contributed by atoms with Crippen LogP contribution in [0.4, 0.5) is 5.69 Å². The Balaban J connectivity index is 1.68. The number of amides is 1. The van der Waals surface area contributed by atoms with Crippen LogP contribution in [0.3, 0.4) is 0 Å². The van der Waals surface area contributed by atoms with Crippen molar-refractivity contribution in [3.63, 3.8) is 0 Å². The number of Topliss-reactive ketones (excluding diaryl/α,β-unsaturated/α-hetero) is 1. The van der Waals surface area contributed by atoms with Crippen molar-refractivity contribution in [2.75, 3.05) is 45.2 Å². The van der Waals surface area contributed by atoms with E-state index in [4.69, 9.17) is 18.9 Å². The summed E-state index contributed by atoms with van der Waals surface area (Å²) >= 11 is 0. The number of hydrogen-bond donors (Lipinski definition) is 6. The number of hydrogen-bond acceptors (Lipinski definition) is 15. The molecule has 340 valence electrons. The smallest absolute Gasteiger partial charge is 0.312 e. The van der Waals surface area contributed by atoms with Gasteiger partial charge in [0.15, 0.2) is 5.75 Å². The van der Waals surface area contributed by atoms with E-state index in [1.165, 1.54) is 59.4 Å². The summed E-state index contributed by atoms with van der Waals surface area (Å²) in [6, 6.07) is 0. The van der Waals surface area contributed by atoms with Gasteiger partial charge in [0.1, 0.15) is 23.4 Å². The average molecular weight is 865 g/mol. The highest BCUT2D eigenvalue weighted by atomic mass is 16.7. The SMILES string of the molecule is CO[C@H]1/C=C/O[C@@]2(C)Oc3c(C)c(O)c4c(O)c(c(/C=N/N5CCN(CC(C)C)CC5)c(O)c4c3C2=O)NC(=O)/C(C)=C/C=C/[C@H](C)[C@H](O)[C@@H](C)[C@@H](O)[C@@H](C)[C@H](OC(C)=O)[C@H]1C. The van der Waals surface area contributed by atoms with Crippen molar-refractivity contribution < 1.29 is 58.9 Å². The number of esters is 1. The molecule has 4 aliphatic heterocycles. The van der Waals surface area contributed by atoms with Gasteiger partial charge in [-0.2, -0.15) is 5.10 Å². The first-order chi connectivity index (χ1) is 29.1. The van der Waals surface area contributed by atoms with Crippen molar-refractivity contribution in [3.8, 4) is 23.0 Å². The number of phenols is 3. The summed E-state index contributed by atoms with van der Waals surface area (Å²) in [6.45, 7) is 20.4. The fraction of sp³-hybridized carbons (Fsp3) is 0.565. The third kappa shape index (κ3) is 9.73. The van der Waals surface area contributed by atoms with Crippen LogP contribution in [-0.4, -0.2) is 129 Å². The minimum absolute atomic E-state index is 0.0576. The minimum atomic E-state index is -2.05. The zero-order chi connectivity index (χ0) is 46.0. The number of phenolic OH excluding ortho intramolecular Hbond substituents is 3. The van der Waals surface area contributed by atoms with E-state index in [1.54, 1.807) is 44.9 Å². The highest BCUT2D eigenvalue weighted by Gasteiger charge is 2.50. The van der Waals surface area contributed by atoms with Crippen LogP contribution in [0.1, 0.15) is 83.8 Å². The molecule has 5 bridgehead atoms. The van der Waals surface area contributed by atoms with Crippen LogP contribution in [0.5, 0.6) is 23.0 Å². The molecular weight excluding hydrogens is 801 g/mol. The second-order valence-corrected chi connectivity index (χ2v) is 17.5. The van der Waals surface area contributed by atoms with Gasteiger partial charge in [0.25, 0.3) is 11.7 Å². The van der Waals surface area contributed by atoms with Gasteiger partial charge in [-0.15, -0.1) is 0 Å². The highest BCUT2D eigenvalue weighted by Crippen LogP contribution is 2.55. The molecule has 1 saturated heterocycles. The third-order valence-corrected chi connectivity index (χ3v) is 12.4. The van der Waals surface area contributed by atoms with Crippen molar-refractivity contribution in [3.05, 3.63) is 52.8 Å². The molecule has 0 unspecified atom stereocenters. The summed E-state index contributed by atoms with van der Waals surface area (Å²) in [7, 11) is 1.44. The van der Waals surface area contributed by atoms with Gasteiger partial charge in [-0.05, 0) is 25.8 Å². The monoisotopic (exact) mass is 864 g/mol. The Labute approximate surface area is 363 Å². The molecule has 0 saturated carbocycles. The number of aliphatic hydroxyl groups is 2. The van der Waals surface area contributed by atoms with Gasteiger partial charge in [-0.25, -0.2) is 0 Å². The number of carbonyl (C=O) groups excluding carboxylic acids is 3. The first-order valence-electron chi connectivity index (χ1n) is 21.2. The Morgan fingerprint density at radius 3 is 2.24 bits per heavy atom. The van der Waals surface area contributed by atoms with Crippen LogP contribution in [0.25, 0.3) is 10.8 Å². The summed E-state index contributed by atoms with van der Waals surface area (Å²) in [5.74, 6) is -7.85. The van der Waals surface area contributed by atoms with Crippen LogP contribution >= 0.6 is 0 Å². The molecule has 0 aromatic heterocycles. The van der Waals surface area contributed by atoms with Crippen LogP contribution in [-0.2, 0) is 23.8 Å². The molecule has 6 rings (SSSR count). The number of anilines is 1. The van der Waals surface area contributed by atoms with Crippen molar-refractivity contribution in [2.24, 2.45) is 34.7 Å². The maximum atomic E-state index is 14.5. The highest BCUT2D eigenvalue weighted by molar-refractivity contribution is 6.23. The summed E-state index contributed by atoms with van der Waals surface area (Å²) in [6.07, 6.45) is 4.90. The van der Waals surface area contributed by atoms with Crippen LogP contribution < -0.4 is 10.1 Å². The summed E-state index contributed by atoms with van der Waals surface area (Å²) in [5.41, 5.74) is -0.335. The molecule has 0 radical (unpaired) electrons. The van der Waals surface area contributed by atoms with Crippen LogP contribution in [0, 0.1) is 36.5 Å². The van der Waals surface area contributed by atoms with Crippen LogP contribution in [0.2, 0.25) is 0 Å². The number of benzene rings is 2. The van der Waals surface area contributed by atoms with E-state index in [9.17, 15) is 39.9 Å². The zero-order valence-electron chi connectivity index (χ0n) is 37.6. The fourth-order valence-electron chi connectivity index (χ4n) is 8.56. The number of rotatable bonds is 6. The quantitative estimate of drug-likeness (QED) is 0.0933. The number of ether oxygens (including phenoxy) is 4. The standard InChI is InChI=1S/C46H64N4O12/c1-23(2)22-49-16-18-50(19-17-49)47-21-31-36-41(56)34-33(40(31)55)35-43(29(8)39(34)54)62-46(10,44(35)57)60-20-15-32(59-11)26(5)42(61-30(9)51)28(7)38(53)27(6)37(52)24(3)13-12-14-25(4)45(58)48-36/h12-15,20-21,23-24,26-28,32,37-38,42,52-56H,16-19,22H2,1-11H3,(H,48,58)/b13-12+,20-15+,25-14+,47-21+/t24-,26-,27+,28+,32-,37-,38+,42+,46-/m0/s1. The second kappa shape index (κ2) is 19.5. The van der Waals surface area contributed by atoms with E-state index < -0.39 is 88.8 Å².